The maximum atomic E-state index is 12.7. The summed E-state index contributed by atoms with van der Waals surface area (Å²) < 4.78 is 4.92. The zero-order valence-corrected chi connectivity index (χ0v) is 16.6. The fourth-order valence-corrected chi connectivity index (χ4v) is 3.79. The summed E-state index contributed by atoms with van der Waals surface area (Å²) in [5.74, 6) is -1.33. The average molecular weight is 412 g/mol. The van der Waals surface area contributed by atoms with Gasteiger partial charge in [0.05, 0.1) is 28.9 Å². The molecule has 0 aliphatic carbocycles. The smallest absolute Gasteiger partial charge is 0.338 e. The van der Waals surface area contributed by atoms with E-state index in [1.807, 2.05) is 18.2 Å². The van der Waals surface area contributed by atoms with Crippen molar-refractivity contribution >= 4 is 46.8 Å². The lowest BCUT2D eigenvalue weighted by Crippen LogP contribution is -2.31. The van der Waals surface area contributed by atoms with E-state index in [0.717, 1.165) is 16.7 Å². The molecule has 7 nitrogen and oxygen atoms in total. The van der Waals surface area contributed by atoms with Crippen LogP contribution >= 0.6 is 11.8 Å². The van der Waals surface area contributed by atoms with Gasteiger partial charge in [-0.1, -0.05) is 18.2 Å². The molecule has 3 amide bonds. The van der Waals surface area contributed by atoms with Crippen molar-refractivity contribution in [2.45, 2.75) is 18.6 Å². The third-order valence-electron chi connectivity index (χ3n) is 4.22. The highest BCUT2D eigenvalue weighted by atomic mass is 32.2. The van der Waals surface area contributed by atoms with Crippen LogP contribution < -0.4 is 10.2 Å². The van der Waals surface area contributed by atoms with E-state index >= 15 is 0 Å². The number of nitrogens with one attached hydrogen (secondary N) is 1. The predicted octanol–water partition coefficient (Wildman–Crippen LogP) is 2.87. The lowest BCUT2D eigenvalue weighted by atomic mass is 10.2. The molecule has 1 saturated heterocycles. The van der Waals surface area contributed by atoms with Crippen molar-refractivity contribution in [3.05, 3.63) is 60.2 Å². The van der Waals surface area contributed by atoms with Gasteiger partial charge in [0.15, 0.2) is 0 Å². The molecular weight excluding hydrogens is 392 g/mol. The van der Waals surface area contributed by atoms with Crippen LogP contribution in [0.2, 0.25) is 0 Å². The first-order valence-electron chi connectivity index (χ1n) is 9.10. The van der Waals surface area contributed by atoms with Crippen LogP contribution in [0.15, 0.2) is 54.6 Å². The van der Waals surface area contributed by atoms with Gasteiger partial charge in [-0.2, -0.15) is 0 Å². The number of anilines is 2. The zero-order chi connectivity index (χ0) is 20.8. The highest BCUT2D eigenvalue weighted by Gasteiger charge is 2.40. The summed E-state index contributed by atoms with van der Waals surface area (Å²) in [6.45, 7) is 1.98. The van der Waals surface area contributed by atoms with E-state index in [1.54, 1.807) is 19.1 Å². The van der Waals surface area contributed by atoms with Crippen molar-refractivity contribution in [1.82, 2.24) is 0 Å². The second-order valence-corrected chi connectivity index (χ2v) is 7.44. The standard InChI is InChI=1S/C21H20N2O5S/c1-2-28-21(27)14-8-10-16(11-9-14)23-19(25)12-17(20(23)26)29-13-18(24)22-15-6-4-3-5-7-15/h3-11,17H,2,12-13H2,1H3,(H,22,24)/t17-/m0/s1. The molecule has 0 radical (unpaired) electrons. The summed E-state index contributed by atoms with van der Waals surface area (Å²) in [4.78, 5) is 49.9. The number of para-hydroxylation sites is 1. The minimum atomic E-state index is -0.617. The van der Waals surface area contributed by atoms with Gasteiger partial charge in [0.2, 0.25) is 17.7 Å². The summed E-state index contributed by atoms with van der Waals surface area (Å²) in [6.07, 6.45) is 0.0295. The lowest BCUT2D eigenvalue weighted by Gasteiger charge is -2.15. The summed E-state index contributed by atoms with van der Waals surface area (Å²) >= 11 is 1.14. The molecule has 2 aromatic rings. The lowest BCUT2D eigenvalue weighted by molar-refractivity contribution is -0.121. The van der Waals surface area contributed by atoms with Gasteiger partial charge in [-0.05, 0) is 43.3 Å². The quantitative estimate of drug-likeness (QED) is 0.555. The van der Waals surface area contributed by atoms with Crippen molar-refractivity contribution in [3.8, 4) is 0 Å². The van der Waals surface area contributed by atoms with Gasteiger partial charge < -0.3 is 10.1 Å². The van der Waals surface area contributed by atoms with E-state index in [4.69, 9.17) is 4.74 Å². The van der Waals surface area contributed by atoms with Gasteiger partial charge in [0.25, 0.3) is 0 Å². The summed E-state index contributed by atoms with van der Waals surface area (Å²) in [5, 5.41) is 2.13. The summed E-state index contributed by atoms with van der Waals surface area (Å²) in [6, 6.07) is 15.1. The molecule has 1 heterocycles. The fourth-order valence-electron chi connectivity index (χ4n) is 2.86. The topological polar surface area (TPSA) is 92.8 Å². The molecule has 1 aliphatic heterocycles. The minimum Gasteiger partial charge on any atom is -0.462 e. The Hall–Kier alpha value is -3.13. The van der Waals surface area contributed by atoms with Crippen molar-refractivity contribution in [3.63, 3.8) is 0 Å². The monoisotopic (exact) mass is 412 g/mol. The van der Waals surface area contributed by atoms with Crippen LogP contribution in [0.4, 0.5) is 11.4 Å². The first kappa shape index (κ1) is 20.6. The number of amides is 3. The molecule has 1 aliphatic rings. The Morgan fingerprint density at radius 1 is 1.10 bits per heavy atom. The van der Waals surface area contributed by atoms with Crippen LogP contribution in [-0.2, 0) is 19.1 Å². The number of hydrogen-bond acceptors (Lipinski definition) is 6. The van der Waals surface area contributed by atoms with Gasteiger partial charge in [-0.15, -0.1) is 11.8 Å². The van der Waals surface area contributed by atoms with E-state index in [2.05, 4.69) is 5.32 Å². The van der Waals surface area contributed by atoms with Crippen molar-refractivity contribution in [2.24, 2.45) is 0 Å². The predicted molar refractivity (Wildman–Crippen MR) is 111 cm³/mol. The van der Waals surface area contributed by atoms with E-state index in [9.17, 15) is 19.2 Å². The Balaban J connectivity index is 1.59. The van der Waals surface area contributed by atoms with Crippen molar-refractivity contribution < 1.29 is 23.9 Å². The van der Waals surface area contributed by atoms with Gasteiger partial charge in [-0.3, -0.25) is 14.4 Å². The highest BCUT2D eigenvalue weighted by molar-refractivity contribution is 8.01. The van der Waals surface area contributed by atoms with E-state index in [-0.39, 0.29) is 36.5 Å². The second-order valence-electron chi connectivity index (χ2n) is 6.25. The summed E-state index contributed by atoms with van der Waals surface area (Å²) in [7, 11) is 0. The van der Waals surface area contributed by atoms with E-state index in [0.29, 0.717) is 16.9 Å². The molecule has 2 aromatic carbocycles. The largest absolute Gasteiger partial charge is 0.462 e. The van der Waals surface area contributed by atoms with Crippen molar-refractivity contribution in [2.75, 3.05) is 22.6 Å². The maximum absolute atomic E-state index is 12.7. The Morgan fingerprint density at radius 2 is 1.79 bits per heavy atom. The molecule has 0 unspecified atom stereocenters. The molecular formula is C21H20N2O5S. The molecule has 1 fully saturated rings. The Kier molecular flexibility index (Phi) is 6.66. The van der Waals surface area contributed by atoms with Crippen LogP contribution in [0.5, 0.6) is 0 Å². The molecule has 29 heavy (non-hydrogen) atoms. The Morgan fingerprint density at radius 3 is 2.45 bits per heavy atom. The minimum absolute atomic E-state index is 0.0295. The number of esters is 1. The molecule has 1 atom stereocenters. The number of nitrogens with zero attached hydrogens (tertiary/aromatic N) is 1. The number of ether oxygens (including phenoxy) is 1. The van der Waals surface area contributed by atoms with Gasteiger partial charge in [0, 0.05) is 12.1 Å². The average Bonchev–Trinajstić information content (AvgIpc) is 3.01. The third-order valence-corrected chi connectivity index (χ3v) is 5.41. The third kappa shape index (κ3) is 5.03. The number of carbonyl (C=O) groups is 4. The number of benzene rings is 2. The molecule has 1 N–H and O–H groups in total. The van der Waals surface area contributed by atoms with Crippen LogP contribution in [0, 0.1) is 0 Å². The number of carbonyl (C=O) groups excluding carboxylic acids is 4. The summed E-state index contributed by atoms with van der Waals surface area (Å²) in [5.41, 5.74) is 1.42. The van der Waals surface area contributed by atoms with E-state index < -0.39 is 11.2 Å². The normalized spacial score (nSPS) is 16.0. The molecule has 0 bridgehead atoms. The van der Waals surface area contributed by atoms with Gasteiger partial charge in [0.1, 0.15) is 0 Å². The molecule has 0 saturated carbocycles. The highest BCUT2D eigenvalue weighted by Crippen LogP contribution is 2.30. The molecule has 8 heteroatoms. The molecule has 3 rings (SSSR count). The van der Waals surface area contributed by atoms with Crippen molar-refractivity contribution in [1.29, 1.82) is 0 Å². The number of hydrogen-bond donors (Lipinski definition) is 1. The van der Waals surface area contributed by atoms with E-state index in [1.165, 1.54) is 24.3 Å². The molecule has 0 spiro atoms. The first-order valence-corrected chi connectivity index (χ1v) is 10.1. The Labute approximate surface area is 172 Å². The number of rotatable bonds is 7. The van der Waals surface area contributed by atoms with Crippen LogP contribution in [0.3, 0.4) is 0 Å². The van der Waals surface area contributed by atoms with Crippen LogP contribution in [-0.4, -0.2) is 41.3 Å². The Bertz CT molecular complexity index is 914. The number of imide groups is 1. The van der Waals surface area contributed by atoms with Crippen LogP contribution in [0.1, 0.15) is 23.7 Å². The fraction of sp³-hybridized carbons (Fsp3) is 0.238. The SMILES string of the molecule is CCOC(=O)c1ccc(N2C(=O)C[C@H](SCC(=O)Nc3ccccc3)C2=O)cc1. The zero-order valence-electron chi connectivity index (χ0n) is 15.8. The maximum Gasteiger partial charge on any atom is 0.338 e. The number of thioether (sulfide) groups is 1. The first-order chi connectivity index (χ1) is 14.0. The van der Waals surface area contributed by atoms with Gasteiger partial charge in [-0.25, -0.2) is 9.69 Å². The van der Waals surface area contributed by atoms with Gasteiger partial charge >= 0.3 is 5.97 Å². The molecule has 150 valence electrons. The molecule has 0 aromatic heterocycles. The second kappa shape index (κ2) is 9.38. The van der Waals surface area contributed by atoms with Crippen LogP contribution in [0.25, 0.3) is 0 Å².